The van der Waals surface area contributed by atoms with Crippen LogP contribution in [-0.4, -0.2) is 42.3 Å². The highest BCUT2D eigenvalue weighted by molar-refractivity contribution is 5.87. The van der Waals surface area contributed by atoms with Gasteiger partial charge in [-0.2, -0.15) is 5.10 Å². The average molecular weight is 310 g/mol. The predicted molar refractivity (Wildman–Crippen MR) is 81.5 cm³/mol. The molecule has 124 valence electrons. The largest absolute Gasteiger partial charge is 0.460 e. The van der Waals surface area contributed by atoms with E-state index in [0.29, 0.717) is 18.9 Å². The van der Waals surface area contributed by atoms with Crippen molar-refractivity contribution < 1.29 is 19.0 Å². The molecule has 1 aliphatic heterocycles. The van der Waals surface area contributed by atoms with Crippen LogP contribution in [0.1, 0.15) is 50.8 Å². The summed E-state index contributed by atoms with van der Waals surface area (Å²) in [5.41, 5.74) is 0.817. The molecule has 2 heterocycles. The Bertz CT molecular complexity index is 512. The Morgan fingerprint density at radius 1 is 1.45 bits per heavy atom. The molecule has 0 atom stereocenters. The van der Waals surface area contributed by atoms with Gasteiger partial charge in [0.2, 0.25) is 0 Å². The van der Waals surface area contributed by atoms with Gasteiger partial charge in [0.25, 0.3) is 0 Å². The fourth-order valence-electron chi connectivity index (χ4n) is 2.18. The van der Waals surface area contributed by atoms with Crippen molar-refractivity contribution in [1.82, 2.24) is 10.2 Å². The smallest absolute Gasteiger partial charge is 0.358 e. The third-order valence-corrected chi connectivity index (χ3v) is 3.69. The number of carbonyl (C=O) groups is 1. The van der Waals surface area contributed by atoms with Crippen molar-refractivity contribution in [2.75, 3.05) is 19.8 Å². The van der Waals surface area contributed by atoms with Crippen molar-refractivity contribution in [3.8, 4) is 0 Å². The van der Waals surface area contributed by atoms with Crippen molar-refractivity contribution in [1.29, 1.82) is 0 Å². The minimum atomic E-state index is -0.430. The van der Waals surface area contributed by atoms with Crippen LogP contribution in [-0.2, 0) is 20.6 Å². The summed E-state index contributed by atoms with van der Waals surface area (Å²) in [7, 11) is 0. The summed E-state index contributed by atoms with van der Waals surface area (Å²) in [5.74, 6) is -0.430. The van der Waals surface area contributed by atoms with Crippen LogP contribution < -0.4 is 0 Å². The van der Waals surface area contributed by atoms with Crippen LogP contribution in [0.3, 0.4) is 0 Å². The van der Waals surface area contributed by atoms with Gasteiger partial charge in [0, 0.05) is 16.5 Å². The zero-order valence-corrected chi connectivity index (χ0v) is 14.1. The summed E-state index contributed by atoms with van der Waals surface area (Å²) >= 11 is 0. The zero-order chi connectivity index (χ0) is 16.4. The van der Waals surface area contributed by atoms with E-state index < -0.39 is 11.4 Å². The van der Waals surface area contributed by atoms with Gasteiger partial charge in [0.05, 0.1) is 13.2 Å². The van der Waals surface area contributed by atoms with Gasteiger partial charge in [0.1, 0.15) is 6.61 Å². The SMILES string of the molecule is CCc1cc(C(=O)OCC(C)(C)C2OCC(C)(C)CO2)n[nH]1. The standard InChI is InChI=1S/C16H26N2O4/c1-6-11-7-12(18-17-11)13(19)20-10-16(4,5)14-21-8-15(2,3)9-22-14/h7,14H,6,8-10H2,1-5H3,(H,17,18). The number of nitrogens with zero attached hydrogens (tertiary/aromatic N) is 1. The van der Waals surface area contributed by atoms with Gasteiger partial charge >= 0.3 is 5.97 Å². The van der Waals surface area contributed by atoms with E-state index in [9.17, 15) is 4.79 Å². The molecule has 0 radical (unpaired) electrons. The Morgan fingerprint density at radius 3 is 2.64 bits per heavy atom. The Kier molecular flexibility index (Phi) is 4.92. The predicted octanol–water partition coefficient (Wildman–Crippen LogP) is 2.55. The number of hydrogen-bond donors (Lipinski definition) is 1. The second kappa shape index (κ2) is 6.38. The van der Waals surface area contributed by atoms with Crippen molar-refractivity contribution in [2.45, 2.75) is 47.3 Å². The summed E-state index contributed by atoms with van der Waals surface area (Å²) < 4.78 is 16.9. The third-order valence-electron chi connectivity index (χ3n) is 3.69. The van der Waals surface area contributed by atoms with Gasteiger partial charge in [-0.05, 0) is 12.5 Å². The Hall–Kier alpha value is -1.40. The average Bonchev–Trinajstić information content (AvgIpc) is 2.93. The van der Waals surface area contributed by atoms with E-state index in [2.05, 4.69) is 24.0 Å². The van der Waals surface area contributed by atoms with Gasteiger partial charge in [-0.1, -0.05) is 34.6 Å². The van der Waals surface area contributed by atoms with Crippen molar-refractivity contribution in [2.24, 2.45) is 10.8 Å². The van der Waals surface area contributed by atoms with Crippen molar-refractivity contribution >= 4 is 5.97 Å². The lowest BCUT2D eigenvalue weighted by Gasteiger charge is -2.41. The fourth-order valence-corrected chi connectivity index (χ4v) is 2.18. The molecule has 0 aliphatic carbocycles. The number of aryl methyl sites for hydroxylation is 1. The Morgan fingerprint density at radius 2 is 2.09 bits per heavy atom. The number of esters is 1. The molecule has 0 bridgehead atoms. The summed E-state index contributed by atoms with van der Waals surface area (Å²) in [6.45, 7) is 11.6. The van der Waals surface area contributed by atoms with E-state index in [4.69, 9.17) is 14.2 Å². The minimum Gasteiger partial charge on any atom is -0.460 e. The quantitative estimate of drug-likeness (QED) is 0.846. The van der Waals surface area contributed by atoms with Crippen LogP contribution in [0.15, 0.2) is 6.07 Å². The summed E-state index contributed by atoms with van der Waals surface area (Å²) in [6.07, 6.45) is 0.421. The van der Waals surface area contributed by atoms with Gasteiger partial charge in [-0.25, -0.2) is 4.79 Å². The number of H-pyrrole nitrogens is 1. The molecule has 0 amide bonds. The molecule has 1 saturated heterocycles. The topological polar surface area (TPSA) is 73.4 Å². The summed E-state index contributed by atoms with van der Waals surface area (Å²) in [6, 6.07) is 1.71. The van der Waals surface area contributed by atoms with E-state index in [1.165, 1.54) is 0 Å². The first-order chi connectivity index (χ1) is 10.2. The molecule has 0 aromatic carbocycles. The highest BCUT2D eigenvalue weighted by Gasteiger charge is 2.39. The number of rotatable bonds is 5. The lowest BCUT2D eigenvalue weighted by molar-refractivity contribution is -0.267. The molecule has 1 aliphatic rings. The molecule has 1 aromatic rings. The first-order valence-corrected chi connectivity index (χ1v) is 7.68. The molecule has 2 rings (SSSR count). The second-order valence-electron chi connectivity index (χ2n) is 7.31. The Balaban J connectivity index is 1.88. The normalized spacial score (nSPS) is 19.1. The first-order valence-electron chi connectivity index (χ1n) is 7.68. The molecule has 22 heavy (non-hydrogen) atoms. The summed E-state index contributed by atoms with van der Waals surface area (Å²) in [4.78, 5) is 12.0. The maximum absolute atomic E-state index is 12.0. The minimum absolute atomic E-state index is 0.0227. The lowest BCUT2D eigenvalue weighted by atomic mass is 9.90. The zero-order valence-electron chi connectivity index (χ0n) is 14.1. The summed E-state index contributed by atoms with van der Waals surface area (Å²) in [5, 5.41) is 6.76. The molecule has 0 saturated carbocycles. The van der Waals surface area contributed by atoms with Crippen LogP contribution >= 0.6 is 0 Å². The monoisotopic (exact) mass is 310 g/mol. The van der Waals surface area contributed by atoms with E-state index in [-0.39, 0.29) is 18.3 Å². The maximum Gasteiger partial charge on any atom is 0.358 e. The number of aromatic nitrogens is 2. The van der Waals surface area contributed by atoms with Gasteiger partial charge in [-0.3, -0.25) is 5.10 Å². The van der Waals surface area contributed by atoms with Crippen molar-refractivity contribution in [3.63, 3.8) is 0 Å². The van der Waals surface area contributed by atoms with E-state index >= 15 is 0 Å². The molecule has 1 aromatic heterocycles. The van der Waals surface area contributed by atoms with E-state index in [0.717, 1.165) is 12.1 Å². The number of aromatic amines is 1. The molecule has 0 spiro atoms. The molecule has 6 nitrogen and oxygen atoms in total. The molecule has 6 heteroatoms. The van der Waals surface area contributed by atoms with E-state index in [1.54, 1.807) is 6.07 Å². The van der Waals surface area contributed by atoms with Crippen molar-refractivity contribution in [3.05, 3.63) is 17.5 Å². The van der Waals surface area contributed by atoms with Crippen LogP contribution in [0, 0.1) is 10.8 Å². The maximum atomic E-state index is 12.0. The number of nitrogens with one attached hydrogen (secondary N) is 1. The van der Waals surface area contributed by atoms with Crippen LogP contribution in [0.5, 0.6) is 0 Å². The van der Waals surface area contributed by atoms with Crippen LogP contribution in [0.4, 0.5) is 0 Å². The number of carbonyl (C=O) groups excluding carboxylic acids is 1. The Labute approximate surface area is 131 Å². The highest BCUT2D eigenvalue weighted by atomic mass is 16.7. The van der Waals surface area contributed by atoms with Gasteiger partial charge in [-0.15, -0.1) is 0 Å². The number of hydrogen-bond acceptors (Lipinski definition) is 5. The highest BCUT2D eigenvalue weighted by Crippen LogP contribution is 2.32. The fraction of sp³-hybridized carbons (Fsp3) is 0.750. The van der Waals surface area contributed by atoms with E-state index in [1.807, 2.05) is 20.8 Å². The molecule has 0 unspecified atom stereocenters. The molecule has 1 N–H and O–H groups in total. The number of ether oxygens (including phenoxy) is 3. The van der Waals surface area contributed by atoms with Gasteiger partial charge < -0.3 is 14.2 Å². The molecule has 1 fully saturated rings. The van der Waals surface area contributed by atoms with Crippen LogP contribution in [0.2, 0.25) is 0 Å². The van der Waals surface area contributed by atoms with Crippen LogP contribution in [0.25, 0.3) is 0 Å². The lowest BCUT2D eigenvalue weighted by Crippen LogP contribution is -2.46. The van der Waals surface area contributed by atoms with Gasteiger partial charge in [0.15, 0.2) is 12.0 Å². The third kappa shape index (κ3) is 4.08. The molecular weight excluding hydrogens is 284 g/mol. The molecular formula is C16H26N2O4. The second-order valence-corrected chi connectivity index (χ2v) is 7.31. The first kappa shape index (κ1) is 17.0.